The van der Waals surface area contributed by atoms with Gasteiger partial charge in [-0.05, 0) is 44.0 Å². The SMILES string of the molecule is Cc1cc(C)cc(CC(CSc2cccc(Br)c2)NN)c1. The number of nitrogens with two attached hydrogens (primary N) is 1. The van der Waals surface area contributed by atoms with E-state index in [0.29, 0.717) is 0 Å². The second-order valence-electron chi connectivity index (χ2n) is 5.33. The number of benzene rings is 2. The molecule has 1 atom stereocenters. The van der Waals surface area contributed by atoms with E-state index in [2.05, 4.69) is 71.6 Å². The minimum Gasteiger partial charge on any atom is -0.271 e. The summed E-state index contributed by atoms with van der Waals surface area (Å²) in [7, 11) is 0. The van der Waals surface area contributed by atoms with Gasteiger partial charge in [-0.3, -0.25) is 11.3 Å². The molecule has 3 N–H and O–H groups in total. The minimum atomic E-state index is 0.259. The third-order valence-corrected chi connectivity index (χ3v) is 4.90. The molecule has 0 fully saturated rings. The van der Waals surface area contributed by atoms with Crippen molar-refractivity contribution in [2.24, 2.45) is 5.84 Å². The lowest BCUT2D eigenvalue weighted by molar-refractivity contribution is 0.575. The first-order valence-corrected chi connectivity index (χ1v) is 8.76. The van der Waals surface area contributed by atoms with Crippen LogP contribution in [0.3, 0.4) is 0 Å². The molecule has 0 aliphatic carbocycles. The average Bonchev–Trinajstić information content (AvgIpc) is 2.42. The number of aryl methyl sites for hydroxylation is 2. The molecule has 0 aromatic heterocycles. The number of hydrazine groups is 1. The van der Waals surface area contributed by atoms with Crippen molar-refractivity contribution < 1.29 is 0 Å². The summed E-state index contributed by atoms with van der Waals surface area (Å²) in [4.78, 5) is 1.25. The van der Waals surface area contributed by atoms with Gasteiger partial charge in [0.05, 0.1) is 0 Å². The van der Waals surface area contributed by atoms with Crippen LogP contribution >= 0.6 is 27.7 Å². The monoisotopic (exact) mass is 364 g/mol. The van der Waals surface area contributed by atoms with E-state index in [-0.39, 0.29) is 6.04 Å². The second kappa shape index (κ2) is 7.99. The Labute approximate surface area is 139 Å². The van der Waals surface area contributed by atoms with Crippen molar-refractivity contribution in [3.63, 3.8) is 0 Å². The van der Waals surface area contributed by atoms with E-state index in [1.54, 1.807) is 0 Å². The molecular formula is C17H21BrN2S. The summed E-state index contributed by atoms with van der Waals surface area (Å²) in [6, 6.07) is 15.3. The third kappa shape index (κ3) is 5.47. The van der Waals surface area contributed by atoms with E-state index in [4.69, 9.17) is 5.84 Å². The summed E-state index contributed by atoms with van der Waals surface area (Å²) in [5.74, 6) is 6.66. The van der Waals surface area contributed by atoms with Gasteiger partial charge in [-0.15, -0.1) is 11.8 Å². The average molecular weight is 365 g/mol. The van der Waals surface area contributed by atoms with Gasteiger partial charge in [0.15, 0.2) is 0 Å². The number of nitrogens with one attached hydrogen (secondary N) is 1. The molecule has 4 heteroatoms. The maximum absolute atomic E-state index is 5.72. The Kier molecular flexibility index (Phi) is 6.30. The highest BCUT2D eigenvalue weighted by atomic mass is 79.9. The van der Waals surface area contributed by atoms with Crippen LogP contribution in [0.15, 0.2) is 51.8 Å². The summed E-state index contributed by atoms with van der Waals surface area (Å²) in [5.41, 5.74) is 6.89. The van der Waals surface area contributed by atoms with Crippen LogP contribution in [-0.4, -0.2) is 11.8 Å². The van der Waals surface area contributed by atoms with Crippen molar-refractivity contribution in [2.75, 3.05) is 5.75 Å². The van der Waals surface area contributed by atoms with Gasteiger partial charge in [0, 0.05) is 21.2 Å². The van der Waals surface area contributed by atoms with E-state index < -0.39 is 0 Å². The fourth-order valence-corrected chi connectivity index (χ4v) is 3.93. The highest BCUT2D eigenvalue weighted by molar-refractivity contribution is 9.10. The van der Waals surface area contributed by atoms with Gasteiger partial charge >= 0.3 is 0 Å². The number of hydrogen-bond acceptors (Lipinski definition) is 3. The standard InChI is InChI=1S/C17H21BrN2S/c1-12-6-13(2)8-14(7-12)9-16(20-19)11-21-17-5-3-4-15(18)10-17/h3-8,10,16,20H,9,11,19H2,1-2H3. The number of hydrogen-bond donors (Lipinski definition) is 2. The van der Waals surface area contributed by atoms with Crippen molar-refractivity contribution >= 4 is 27.7 Å². The Balaban J connectivity index is 1.96. The fourth-order valence-electron chi connectivity index (χ4n) is 2.39. The summed E-state index contributed by atoms with van der Waals surface area (Å²) in [6.07, 6.45) is 0.944. The molecule has 0 aliphatic heterocycles. The maximum atomic E-state index is 5.72. The summed E-state index contributed by atoms with van der Waals surface area (Å²) in [5, 5.41) is 0. The van der Waals surface area contributed by atoms with E-state index in [1.807, 2.05) is 17.8 Å². The van der Waals surface area contributed by atoms with Crippen molar-refractivity contribution in [3.8, 4) is 0 Å². The molecule has 2 rings (SSSR count). The minimum absolute atomic E-state index is 0.259. The molecule has 0 amide bonds. The Morgan fingerprint density at radius 3 is 2.48 bits per heavy atom. The smallest absolute Gasteiger partial charge is 0.0344 e. The van der Waals surface area contributed by atoms with Crippen LogP contribution in [0.4, 0.5) is 0 Å². The molecule has 0 saturated heterocycles. The largest absolute Gasteiger partial charge is 0.271 e. The van der Waals surface area contributed by atoms with Crippen LogP contribution in [0.5, 0.6) is 0 Å². The lowest BCUT2D eigenvalue weighted by atomic mass is 10.0. The van der Waals surface area contributed by atoms with Crippen LogP contribution in [0.1, 0.15) is 16.7 Å². The zero-order chi connectivity index (χ0) is 15.2. The molecular weight excluding hydrogens is 344 g/mol. The highest BCUT2D eigenvalue weighted by Gasteiger charge is 2.09. The lowest BCUT2D eigenvalue weighted by Crippen LogP contribution is -2.38. The van der Waals surface area contributed by atoms with Gasteiger partial charge in [0.25, 0.3) is 0 Å². The first-order chi connectivity index (χ1) is 10.1. The first kappa shape index (κ1) is 16.6. The molecule has 2 aromatic rings. The van der Waals surface area contributed by atoms with Crippen molar-refractivity contribution in [2.45, 2.75) is 31.2 Å². The molecule has 0 spiro atoms. The van der Waals surface area contributed by atoms with Gasteiger partial charge in [0.1, 0.15) is 0 Å². The van der Waals surface area contributed by atoms with E-state index >= 15 is 0 Å². The van der Waals surface area contributed by atoms with E-state index in [1.165, 1.54) is 21.6 Å². The Morgan fingerprint density at radius 1 is 1.14 bits per heavy atom. The molecule has 0 saturated carbocycles. The Hall–Kier alpha value is -0.810. The van der Waals surface area contributed by atoms with Crippen molar-refractivity contribution in [1.82, 2.24) is 5.43 Å². The molecule has 21 heavy (non-hydrogen) atoms. The number of halogens is 1. The number of thioether (sulfide) groups is 1. The summed E-state index contributed by atoms with van der Waals surface area (Å²) >= 11 is 5.32. The predicted molar refractivity (Wildman–Crippen MR) is 95.6 cm³/mol. The quantitative estimate of drug-likeness (QED) is 0.457. The molecule has 112 valence electrons. The first-order valence-electron chi connectivity index (χ1n) is 6.98. The second-order valence-corrected chi connectivity index (χ2v) is 7.34. The fraction of sp³-hybridized carbons (Fsp3) is 0.294. The summed E-state index contributed by atoms with van der Waals surface area (Å²) < 4.78 is 1.11. The van der Waals surface area contributed by atoms with Crippen LogP contribution in [0, 0.1) is 13.8 Å². The molecule has 0 aliphatic rings. The van der Waals surface area contributed by atoms with Crippen LogP contribution in [0.25, 0.3) is 0 Å². The van der Waals surface area contributed by atoms with Crippen LogP contribution < -0.4 is 11.3 Å². The predicted octanol–water partition coefficient (Wildman–Crippen LogP) is 4.23. The maximum Gasteiger partial charge on any atom is 0.0344 e. The topological polar surface area (TPSA) is 38.0 Å². The zero-order valence-corrected chi connectivity index (χ0v) is 14.8. The normalized spacial score (nSPS) is 12.4. The van der Waals surface area contributed by atoms with Gasteiger partial charge < -0.3 is 0 Å². The molecule has 2 aromatic carbocycles. The van der Waals surface area contributed by atoms with Crippen molar-refractivity contribution in [3.05, 3.63) is 63.6 Å². The molecule has 0 heterocycles. The van der Waals surface area contributed by atoms with Gasteiger partial charge in [0.2, 0.25) is 0 Å². The van der Waals surface area contributed by atoms with Gasteiger partial charge in [-0.25, -0.2) is 0 Å². The van der Waals surface area contributed by atoms with Crippen LogP contribution in [-0.2, 0) is 6.42 Å². The van der Waals surface area contributed by atoms with Crippen molar-refractivity contribution in [1.29, 1.82) is 0 Å². The molecule has 0 bridgehead atoms. The molecule has 2 nitrogen and oxygen atoms in total. The van der Waals surface area contributed by atoms with E-state index in [9.17, 15) is 0 Å². The zero-order valence-electron chi connectivity index (χ0n) is 12.4. The van der Waals surface area contributed by atoms with Gasteiger partial charge in [-0.1, -0.05) is 51.3 Å². The van der Waals surface area contributed by atoms with Gasteiger partial charge in [-0.2, -0.15) is 0 Å². The lowest BCUT2D eigenvalue weighted by Gasteiger charge is -2.16. The third-order valence-electron chi connectivity index (χ3n) is 3.25. The Bertz CT molecular complexity index is 581. The highest BCUT2D eigenvalue weighted by Crippen LogP contribution is 2.23. The van der Waals surface area contributed by atoms with Crippen LogP contribution in [0.2, 0.25) is 0 Å². The van der Waals surface area contributed by atoms with E-state index in [0.717, 1.165) is 16.6 Å². The molecule has 1 unspecified atom stereocenters. The Morgan fingerprint density at radius 2 is 1.86 bits per heavy atom. The molecule has 0 radical (unpaired) electrons. The number of rotatable bonds is 6. The summed E-state index contributed by atoms with van der Waals surface area (Å²) in [6.45, 7) is 4.27.